The zero-order valence-electron chi connectivity index (χ0n) is 17.7. The highest BCUT2D eigenvalue weighted by molar-refractivity contribution is 7.98. The van der Waals surface area contributed by atoms with Crippen LogP contribution in [-0.2, 0) is 5.75 Å². The Hall–Kier alpha value is -3.65. The second-order valence-electron chi connectivity index (χ2n) is 8.17. The van der Waals surface area contributed by atoms with Crippen LogP contribution in [0.15, 0.2) is 76.6 Å². The third kappa shape index (κ3) is 3.13. The molecule has 0 spiro atoms. The van der Waals surface area contributed by atoms with Crippen LogP contribution in [0.3, 0.4) is 0 Å². The van der Waals surface area contributed by atoms with Gasteiger partial charge in [0.1, 0.15) is 25.1 Å². The molecular formula is C25H21N3O4S. The number of hydrogen-bond acceptors (Lipinski definition) is 6. The van der Waals surface area contributed by atoms with Crippen molar-refractivity contribution in [2.75, 3.05) is 24.8 Å². The molecule has 7 nitrogen and oxygen atoms in total. The molecule has 0 saturated heterocycles. The number of carbonyl (C=O) groups is 1. The number of aromatic hydroxyl groups is 1. The van der Waals surface area contributed by atoms with E-state index in [-0.39, 0.29) is 24.3 Å². The fourth-order valence-electron chi connectivity index (χ4n) is 4.75. The van der Waals surface area contributed by atoms with E-state index in [1.165, 1.54) is 6.07 Å². The second-order valence-corrected chi connectivity index (χ2v) is 9.19. The van der Waals surface area contributed by atoms with Gasteiger partial charge in [0.2, 0.25) is 5.43 Å². The maximum Gasteiger partial charge on any atom is 0.278 e. The number of amides is 1. The van der Waals surface area contributed by atoms with Crippen LogP contribution in [0.2, 0.25) is 0 Å². The van der Waals surface area contributed by atoms with Crippen LogP contribution < -0.4 is 15.2 Å². The monoisotopic (exact) mass is 459 g/mol. The molecule has 166 valence electrons. The first-order valence-corrected chi connectivity index (χ1v) is 11.7. The number of hydrogen-bond donors (Lipinski definition) is 1. The third-order valence-electron chi connectivity index (χ3n) is 6.29. The van der Waals surface area contributed by atoms with Crippen molar-refractivity contribution < 1.29 is 14.6 Å². The predicted octanol–water partition coefficient (Wildman–Crippen LogP) is 3.25. The van der Waals surface area contributed by atoms with E-state index in [9.17, 15) is 14.7 Å². The SMILES string of the molecule is O=C1c2c(O)c(=O)ccn2N2CN1C/C=C\COc1cccc3c1C2c1ccccc1SC3. The Balaban J connectivity index is 1.68. The Kier molecular flexibility index (Phi) is 4.69. The molecular weight excluding hydrogens is 438 g/mol. The molecule has 1 unspecified atom stereocenters. The van der Waals surface area contributed by atoms with Gasteiger partial charge in [-0.05, 0) is 29.3 Å². The highest BCUT2D eigenvalue weighted by Crippen LogP contribution is 2.46. The molecule has 1 N–H and O–H groups in total. The standard InChI is InChI=1S/C25H21N3O4S/c29-18-10-12-27-23(24(18)30)25(31)26-11-3-4-13-32-19-8-5-6-16-14-33-20-9-2-1-7-17(20)22(21(16)19)28(27)15-26/h1-10,12,22,30H,11,13-15H2/b4-3-. The number of thioether (sulfide) groups is 1. The summed E-state index contributed by atoms with van der Waals surface area (Å²) in [6.07, 6.45) is 5.35. The summed E-state index contributed by atoms with van der Waals surface area (Å²) in [4.78, 5) is 28.3. The van der Waals surface area contributed by atoms with Crippen LogP contribution in [0.25, 0.3) is 0 Å². The molecule has 33 heavy (non-hydrogen) atoms. The van der Waals surface area contributed by atoms with Gasteiger partial charge < -0.3 is 14.7 Å². The molecule has 1 atom stereocenters. The number of benzene rings is 2. The van der Waals surface area contributed by atoms with Gasteiger partial charge in [-0.15, -0.1) is 11.8 Å². The summed E-state index contributed by atoms with van der Waals surface area (Å²) in [5, 5.41) is 12.7. The van der Waals surface area contributed by atoms with Gasteiger partial charge in [0.25, 0.3) is 5.91 Å². The van der Waals surface area contributed by atoms with Crippen LogP contribution >= 0.6 is 11.8 Å². The minimum Gasteiger partial charge on any atom is -0.502 e. The van der Waals surface area contributed by atoms with Crippen LogP contribution in [0.4, 0.5) is 0 Å². The van der Waals surface area contributed by atoms with Crippen molar-refractivity contribution in [1.82, 2.24) is 9.58 Å². The molecule has 0 radical (unpaired) electrons. The summed E-state index contributed by atoms with van der Waals surface area (Å²) in [6.45, 7) is 1.01. The highest BCUT2D eigenvalue weighted by Gasteiger charge is 2.39. The van der Waals surface area contributed by atoms with Gasteiger partial charge in [0.15, 0.2) is 11.4 Å². The van der Waals surface area contributed by atoms with Crippen LogP contribution in [0.1, 0.15) is 33.2 Å². The van der Waals surface area contributed by atoms with E-state index in [1.807, 2.05) is 41.4 Å². The molecule has 2 bridgehead atoms. The molecule has 0 fully saturated rings. The zero-order valence-corrected chi connectivity index (χ0v) is 18.5. The van der Waals surface area contributed by atoms with Crippen molar-refractivity contribution in [2.24, 2.45) is 0 Å². The zero-order chi connectivity index (χ0) is 22.5. The largest absolute Gasteiger partial charge is 0.502 e. The summed E-state index contributed by atoms with van der Waals surface area (Å²) < 4.78 is 7.84. The van der Waals surface area contributed by atoms with E-state index in [4.69, 9.17) is 4.74 Å². The quantitative estimate of drug-likeness (QED) is 0.521. The number of carbonyl (C=O) groups excluding carboxylic acids is 1. The maximum absolute atomic E-state index is 13.3. The minimum absolute atomic E-state index is 0.0178. The fraction of sp³-hybridized carbons (Fsp3) is 0.200. The smallest absolute Gasteiger partial charge is 0.278 e. The lowest BCUT2D eigenvalue weighted by Gasteiger charge is -2.44. The van der Waals surface area contributed by atoms with Crippen molar-refractivity contribution in [3.63, 3.8) is 0 Å². The summed E-state index contributed by atoms with van der Waals surface area (Å²) in [6, 6.07) is 15.3. The van der Waals surface area contributed by atoms with Crippen molar-refractivity contribution in [1.29, 1.82) is 0 Å². The summed E-state index contributed by atoms with van der Waals surface area (Å²) in [5.74, 6) is 0.666. The van der Waals surface area contributed by atoms with Crippen molar-refractivity contribution in [3.8, 4) is 11.5 Å². The Labute approximate surface area is 194 Å². The first kappa shape index (κ1) is 20.0. The van der Waals surface area contributed by atoms with E-state index < -0.39 is 11.2 Å². The molecule has 1 amide bonds. The number of pyridine rings is 1. The third-order valence-corrected chi connectivity index (χ3v) is 7.43. The Morgan fingerprint density at radius 3 is 2.82 bits per heavy atom. The normalized spacial score (nSPS) is 19.9. The van der Waals surface area contributed by atoms with E-state index in [0.29, 0.717) is 13.2 Å². The Morgan fingerprint density at radius 1 is 1.03 bits per heavy atom. The van der Waals surface area contributed by atoms with Gasteiger partial charge >= 0.3 is 0 Å². The first-order chi connectivity index (χ1) is 16.1. The van der Waals surface area contributed by atoms with Gasteiger partial charge in [-0.25, -0.2) is 0 Å². The van der Waals surface area contributed by atoms with Crippen molar-refractivity contribution >= 4 is 17.7 Å². The highest BCUT2D eigenvalue weighted by atomic mass is 32.2. The van der Waals surface area contributed by atoms with Gasteiger partial charge in [-0.3, -0.25) is 19.3 Å². The molecule has 0 aliphatic carbocycles. The van der Waals surface area contributed by atoms with E-state index in [2.05, 4.69) is 18.2 Å². The Bertz CT molecular complexity index is 1370. The molecule has 3 aliphatic heterocycles. The summed E-state index contributed by atoms with van der Waals surface area (Å²) in [5.41, 5.74) is 2.68. The van der Waals surface area contributed by atoms with Gasteiger partial charge in [0, 0.05) is 35.0 Å². The number of ether oxygens (including phenoxy) is 1. The average molecular weight is 460 g/mol. The number of rotatable bonds is 0. The molecule has 3 aromatic rings. The number of aromatic nitrogens is 1. The lowest BCUT2D eigenvalue weighted by molar-refractivity contribution is 0.0701. The van der Waals surface area contributed by atoms with Gasteiger partial charge in [-0.1, -0.05) is 36.4 Å². The van der Waals surface area contributed by atoms with Gasteiger partial charge in [0.05, 0.1) is 0 Å². The van der Waals surface area contributed by atoms with Crippen molar-refractivity contribution in [3.05, 3.63) is 99.5 Å². The van der Waals surface area contributed by atoms with Crippen LogP contribution in [0.5, 0.6) is 11.5 Å². The molecule has 1 aromatic heterocycles. The lowest BCUT2D eigenvalue weighted by Crippen LogP contribution is -2.55. The molecule has 6 rings (SSSR count). The molecule has 4 heterocycles. The van der Waals surface area contributed by atoms with Crippen LogP contribution in [-0.4, -0.2) is 40.4 Å². The van der Waals surface area contributed by atoms with E-state index in [1.54, 1.807) is 27.5 Å². The van der Waals surface area contributed by atoms with Gasteiger partial charge in [-0.2, -0.15) is 0 Å². The van der Waals surface area contributed by atoms with Crippen molar-refractivity contribution in [2.45, 2.75) is 16.7 Å². The lowest BCUT2D eigenvalue weighted by atomic mass is 9.93. The predicted molar refractivity (Wildman–Crippen MR) is 125 cm³/mol. The Morgan fingerprint density at radius 2 is 1.91 bits per heavy atom. The molecule has 3 aliphatic rings. The maximum atomic E-state index is 13.3. The van der Waals surface area contributed by atoms with Crippen LogP contribution in [0, 0.1) is 0 Å². The number of nitrogens with zero attached hydrogens (tertiary/aromatic N) is 3. The summed E-state index contributed by atoms with van der Waals surface area (Å²) in [7, 11) is 0. The molecule has 0 saturated carbocycles. The fourth-order valence-corrected chi connectivity index (χ4v) is 5.84. The number of fused-ring (bicyclic) bond motifs is 7. The summed E-state index contributed by atoms with van der Waals surface area (Å²) >= 11 is 1.77. The van der Waals surface area contributed by atoms with E-state index in [0.717, 1.165) is 33.1 Å². The minimum atomic E-state index is -0.572. The van der Waals surface area contributed by atoms with E-state index >= 15 is 0 Å². The molecule has 2 aromatic carbocycles. The average Bonchev–Trinajstić information content (AvgIpc) is 3.01. The topological polar surface area (TPSA) is 75.0 Å². The first-order valence-electron chi connectivity index (χ1n) is 10.8. The second kappa shape index (κ2) is 7.74. The molecule has 8 heteroatoms.